The van der Waals surface area contributed by atoms with Crippen molar-refractivity contribution in [2.24, 2.45) is 0 Å². The molecule has 1 N–H and O–H groups in total. The molecule has 1 aromatic carbocycles. The molecule has 0 spiro atoms. The molecule has 1 rings (SSSR count). The van der Waals surface area contributed by atoms with Crippen LogP contribution in [0, 0.1) is 0 Å². The third-order valence-corrected chi connectivity index (χ3v) is 1.96. The van der Waals surface area contributed by atoms with E-state index in [9.17, 15) is 0 Å². The first-order valence-electron chi connectivity index (χ1n) is 4.74. The van der Waals surface area contributed by atoms with Crippen LogP contribution < -0.4 is 4.74 Å². The van der Waals surface area contributed by atoms with E-state index >= 15 is 0 Å². The van der Waals surface area contributed by atoms with Crippen molar-refractivity contribution in [1.82, 2.24) is 0 Å². The zero-order valence-electron chi connectivity index (χ0n) is 8.90. The molecule has 15 heavy (non-hydrogen) atoms. The maximum atomic E-state index is 8.70. The highest BCUT2D eigenvalue weighted by molar-refractivity contribution is 5.26. The second-order valence-corrected chi connectivity index (χ2v) is 3.25. The standard InChI is InChI=1S/C12H16O3/c1-10(7-13)8-15-9-11-3-5-12(14-2)6-4-11/h3-6,13H,1,7-9H2,2H3. The van der Waals surface area contributed by atoms with E-state index in [1.54, 1.807) is 7.11 Å². The van der Waals surface area contributed by atoms with Crippen molar-refractivity contribution in [2.75, 3.05) is 20.3 Å². The topological polar surface area (TPSA) is 38.7 Å². The highest BCUT2D eigenvalue weighted by atomic mass is 16.5. The molecule has 0 atom stereocenters. The number of methoxy groups -OCH3 is 1. The molecule has 1 aromatic rings. The Balaban J connectivity index is 2.34. The maximum Gasteiger partial charge on any atom is 0.118 e. The summed E-state index contributed by atoms with van der Waals surface area (Å²) in [4.78, 5) is 0. The van der Waals surface area contributed by atoms with Crippen LogP contribution in [0.5, 0.6) is 5.75 Å². The van der Waals surface area contributed by atoms with Gasteiger partial charge in [0.1, 0.15) is 5.75 Å². The Morgan fingerprint density at radius 3 is 2.53 bits per heavy atom. The highest BCUT2D eigenvalue weighted by Gasteiger charge is 1.96. The molecule has 0 fully saturated rings. The molecule has 0 aliphatic rings. The summed E-state index contributed by atoms with van der Waals surface area (Å²) in [7, 11) is 1.64. The molecule has 0 aromatic heterocycles. The normalized spacial score (nSPS) is 10.0. The Morgan fingerprint density at radius 1 is 1.33 bits per heavy atom. The first-order valence-corrected chi connectivity index (χ1v) is 4.74. The first kappa shape index (κ1) is 11.8. The van der Waals surface area contributed by atoms with Crippen molar-refractivity contribution in [2.45, 2.75) is 6.61 Å². The van der Waals surface area contributed by atoms with Gasteiger partial charge in [-0.25, -0.2) is 0 Å². The van der Waals surface area contributed by atoms with Gasteiger partial charge in [-0.1, -0.05) is 18.7 Å². The summed E-state index contributed by atoms with van der Waals surface area (Å²) in [5.74, 6) is 0.832. The lowest BCUT2D eigenvalue weighted by Crippen LogP contribution is -2.00. The van der Waals surface area contributed by atoms with E-state index in [0.29, 0.717) is 18.8 Å². The number of aliphatic hydroxyl groups excluding tert-OH is 1. The monoisotopic (exact) mass is 208 g/mol. The van der Waals surface area contributed by atoms with E-state index in [-0.39, 0.29) is 6.61 Å². The third kappa shape index (κ3) is 4.14. The molecule has 0 unspecified atom stereocenters. The average Bonchev–Trinajstić information content (AvgIpc) is 2.29. The average molecular weight is 208 g/mol. The highest BCUT2D eigenvalue weighted by Crippen LogP contribution is 2.12. The second-order valence-electron chi connectivity index (χ2n) is 3.25. The lowest BCUT2D eigenvalue weighted by atomic mass is 10.2. The van der Waals surface area contributed by atoms with Crippen LogP contribution in [0.2, 0.25) is 0 Å². The van der Waals surface area contributed by atoms with Gasteiger partial charge in [-0.05, 0) is 23.3 Å². The zero-order valence-corrected chi connectivity index (χ0v) is 8.90. The van der Waals surface area contributed by atoms with Crippen molar-refractivity contribution in [3.05, 3.63) is 42.0 Å². The molecule has 0 radical (unpaired) electrons. The van der Waals surface area contributed by atoms with Crippen molar-refractivity contribution in [3.63, 3.8) is 0 Å². The fraction of sp³-hybridized carbons (Fsp3) is 0.333. The Morgan fingerprint density at radius 2 is 2.00 bits per heavy atom. The number of benzene rings is 1. The quantitative estimate of drug-likeness (QED) is 0.724. The minimum absolute atomic E-state index is 0.0252. The van der Waals surface area contributed by atoms with Gasteiger partial charge in [0, 0.05) is 0 Å². The number of hydrogen-bond acceptors (Lipinski definition) is 3. The van der Waals surface area contributed by atoms with Gasteiger partial charge in [-0.2, -0.15) is 0 Å². The Labute approximate surface area is 90.0 Å². The summed E-state index contributed by atoms with van der Waals surface area (Å²) in [6.07, 6.45) is 0. The van der Waals surface area contributed by atoms with Gasteiger partial charge in [0.2, 0.25) is 0 Å². The summed E-state index contributed by atoms with van der Waals surface area (Å²) in [5.41, 5.74) is 1.75. The molecular formula is C12H16O3. The number of aliphatic hydroxyl groups is 1. The minimum Gasteiger partial charge on any atom is -0.497 e. The Bertz CT molecular complexity index is 303. The van der Waals surface area contributed by atoms with Crippen molar-refractivity contribution in [1.29, 1.82) is 0 Å². The van der Waals surface area contributed by atoms with E-state index in [1.807, 2.05) is 24.3 Å². The molecule has 0 aliphatic heterocycles. The Hall–Kier alpha value is -1.32. The molecule has 3 heteroatoms. The molecule has 82 valence electrons. The fourth-order valence-electron chi connectivity index (χ4n) is 1.08. The van der Waals surface area contributed by atoms with Gasteiger partial charge in [0.25, 0.3) is 0 Å². The molecule has 0 aliphatic carbocycles. The van der Waals surface area contributed by atoms with E-state index in [0.717, 1.165) is 11.3 Å². The lowest BCUT2D eigenvalue weighted by molar-refractivity contribution is 0.134. The van der Waals surface area contributed by atoms with Gasteiger partial charge in [-0.15, -0.1) is 0 Å². The van der Waals surface area contributed by atoms with Crippen molar-refractivity contribution < 1.29 is 14.6 Å². The number of hydrogen-bond donors (Lipinski definition) is 1. The zero-order chi connectivity index (χ0) is 11.1. The van der Waals surface area contributed by atoms with Crippen LogP contribution in [0.1, 0.15) is 5.56 Å². The summed E-state index contributed by atoms with van der Waals surface area (Å²) < 4.78 is 10.4. The minimum atomic E-state index is -0.0252. The van der Waals surface area contributed by atoms with Crippen molar-refractivity contribution in [3.8, 4) is 5.75 Å². The summed E-state index contributed by atoms with van der Waals surface area (Å²) >= 11 is 0. The van der Waals surface area contributed by atoms with E-state index in [4.69, 9.17) is 14.6 Å². The summed E-state index contributed by atoms with van der Waals surface area (Å²) in [6.45, 7) is 4.52. The van der Waals surface area contributed by atoms with Crippen LogP contribution in [-0.2, 0) is 11.3 Å². The maximum absolute atomic E-state index is 8.70. The Kier molecular flexibility index (Phi) is 4.87. The van der Waals surface area contributed by atoms with Gasteiger partial charge in [-0.3, -0.25) is 0 Å². The third-order valence-electron chi connectivity index (χ3n) is 1.96. The predicted molar refractivity (Wildman–Crippen MR) is 58.9 cm³/mol. The van der Waals surface area contributed by atoms with Crippen LogP contribution in [-0.4, -0.2) is 25.4 Å². The number of ether oxygens (including phenoxy) is 2. The summed E-state index contributed by atoms with van der Waals surface area (Å²) in [5, 5.41) is 8.70. The second kappa shape index (κ2) is 6.22. The van der Waals surface area contributed by atoms with Gasteiger partial charge in [0.15, 0.2) is 0 Å². The fourth-order valence-corrected chi connectivity index (χ4v) is 1.08. The molecule has 0 amide bonds. The molecule has 0 bridgehead atoms. The smallest absolute Gasteiger partial charge is 0.118 e. The van der Waals surface area contributed by atoms with Crippen LogP contribution >= 0.6 is 0 Å². The molecule has 0 saturated heterocycles. The predicted octanol–water partition coefficient (Wildman–Crippen LogP) is 1.76. The first-order chi connectivity index (χ1) is 7.26. The van der Waals surface area contributed by atoms with Crippen LogP contribution in [0.4, 0.5) is 0 Å². The van der Waals surface area contributed by atoms with Crippen LogP contribution in [0.3, 0.4) is 0 Å². The molecular weight excluding hydrogens is 192 g/mol. The molecule has 3 nitrogen and oxygen atoms in total. The van der Waals surface area contributed by atoms with E-state index < -0.39 is 0 Å². The van der Waals surface area contributed by atoms with Gasteiger partial charge < -0.3 is 14.6 Å². The van der Waals surface area contributed by atoms with Gasteiger partial charge in [0.05, 0.1) is 26.9 Å². The molecule has 0 heterocycles. The van der Waals surface area contributed by atoms with Crippen LogP contribution in [0.15, 0.2) is 36.4 Å². The van der Waals surface area contributed by atoms with E-state index in [1.165, 1.54) is 0 Å². The van der Waals surface area contributed by atoms with Gasteiger partial charge >= 0.3 is 0 Å². The molecule has 0 saturated carbocycles. The number of rotatable bonds is 6. The van der Waals surface area contributed by atoms with E-state index in [2.05, 4.69) is 6.58 Å². The lowest BCUT2D eigenvalue weighted by Gasteiger charge is -2.05. The summed E-state index contributed by atoms with van der Waals surface area (Å²) in [6, 6.07) is 7.67. The largest absolute Gasteiger partial charge is 0.497 e. The van der Waals surface area contributed by atoms with Crippen molar-refractivity contribution >= 4 is 0 Å². The van der Waals surface area contributed by atoms with Crippen LogP contribution in [0.25, 0.3) is 0 Å². The SMILES string of the molecule is C=C(CO)COCc1ccc(OC)cc1.